The van der Waals surface area contributed by atoms with Gasteiger partial charge in [0.15, 0.2) is 0 Å². The van der Waals surface area contributed by atoms with Crippen molar-refractivity contribution in [2.75, 3.05) is 6.54 Å². The quantitative estimate of drug-likeness (QED) is 0.535. The Morgan fingerprint density at radius 1 is 1.50 bits per heavy atom. The molecule has 56 valence electrons. The van der Waals surface area contributed by atoms with Gasteiger partial charge in [0.25, 0.3) is 6.54 Å². The van der Waals surface area contributed by atoms with Crippen LogP contribution in [0.25, 0.3) is 4.85 Å². The molecule has 0 atom stereocenters. The van der Waals surface area contributed by atoms with E-state index in [-0.39, 0.29) is 17.7 Å². The average molecular weight is 139 g/mol. The van der Waals surface area contributed by atoms with Crippen LogP contribution in [0.15, 0.2) is 0 Å². The summed E-state index contributed by atoms with van der Waals surface area (Å²) >= 11 is 0. The van der Waals surface area contributed by atoms with Gasteiger partial charge in [0.05, 0.1) is 0 Å². The smallest absolute Gasteiger partial charge is 0.272 e. The van der Waals surface area contributed by atoms with Gasteiger partial charge >= 0.3 is 0 Å². The first-order chi connectivity index (χ1) is 4.45. The molecule has 0 aromatic rings. The predicted octanol–water partition coefficient (Wildman–Crippen LogP) is 1.91. The van der Waals surface area contributed by atoms with Crippen molar-refractivity contribution < 1.29 is 4.79 Å². The monoisotopic (exact) mass is 139 g/mol. The van der Waals surface area contributed by atoms with Gasteiger partial charge in [0.1, 0.15) is 0 Å². The van der Waals surface area contributed by atoms with Crippen LogP contribution in [0, 0.1) is 12.0 Å². The maximum Gasteiger partial charge on any atom is 0.272 e. The van der Waals surface area contributed by atoms with Crippen LogP contribution in [-0.4, -0.2) is 12.3 Å². The van der Waals surface area contributed by atoms with Crippen molar-refractivity contribution in [2.24, 2.45) is 5.41 Å². The fourth-order valence-corrected chi connectivity index (χ4v) is 0.736. The molecule has 0 radical (unpaired) electrons. The summed E-state index contributed by atoms with van der Waals surface area (Å²) in [6.45, 7) is 12.5. The molecule has 0 amide bonds. The highest BCUT2D eigenvalue weighted by Gasteiger charge is 2.16. The van der Waals surface area contributed by atoms with Crippen molar-refractivity contribution in [1.29, 1.82) is 0 Å². The number of ketones is 1. The number of hydrogen-bond donors (Lipinski definition) is 0. The fourth-order valence-electron chi connectivity index (χ4n) is 0.736. The normalized spacial score (nSPS) is 10.6. The van der Waals surface area contributed by atoms with Crippen LogP contribution < -0.4 is 0 Å². The average Bonchev–Trinajstić information content (AvgIpc) is 1.59. The highest BCUT2D eigenvalue weighted by Crippen LogP contribution is 2.18. The maximum absolute atomic E-state index is 10.8. The third kappa shape index (κ3) is 5.30. The molecule has 0 fully saturated rings. The lowest BCUT2D eigenvalue weighted by Gasteiger charge is -2.14. The minimum absolute atomic E-state index is 0.0295. The molecule has 2 heteroatoms. The molecule has 0 rings (SSSR count). The van der Waals surface area contributed by atoms with Crippen LogP contribution >= 0.6 is 0 Å². The lowest BCUT2D eigenvalue weighted by Crippen LogP contribution is -2.14. The third-order valence-corrected chi connectivity index (χ3v) is 0.983. The van der Waals surface area contributed by atoms with Gasteiger partial charge < -0.3 is 4.85 Å². The third-order valence-electron chi connectivity index (χ3n) is 0.983. The number of nitrogens with zero attached hydrogens (tertiary/aromatic N) is 1. The van der Waals surface area contributed by atoms with Gasteiger partial charge in [-0.3, -0.25) is 4.79 Å². The highest BCUT2D eigenvalue weighted by atomic mass is 16.1. The SMILES string of the molecule is [C-]#[N+]CC(=O)CC(C)(C)C. The van der Waals surface area contributed by atoms with Crippen molar-refractivity contribution in [3.63, 3.8) is 0 Å². The van der Waals surface area contributed by atoms with E-state index in [0.717, 1.165) is 0 Å². The Hall–Kier alpha value is -0.840. The molecule has 0 unspecified atom stereocenters. The topological polar surface area (TPSA) is 21.4 Å². The van der Waals surface area contributed by atoms with Crippen LogP contribution in [0.2, 0.25) is 0 Å². The highest BCUT2D eigenvalue weighted by molar-refractivity contribution is 5.82. The Kier molecular flexibility index (Phi) is 3.08. The Bertz CT molecular complexity index is 159. The first-order valence-corrected chi connectivity index (χ1v) is 3.30. The summed E-state index contributed by atoms with van der Waals surface area (Å²) in [5.74, 6) is 0.0440. The zero-order valence-corrected chi connectivity index (χ0v) is 6.77. The van der Waals surface area contributed by atoms with Crippen LogP contribution in [0.4, 0.5) is 0 Å². The summed E-state index contributed by atoms with van der Waals surface area (Å²) in [5.41, 5.74) is 0.0295. The summed E-state index contributed by atoms with van der Waals surface area (Å²) in [4.78, 5) is 13.9. The van der Waals surface area contributed by atoms with Crippen molar-refractivity contribution in [2.45, 2.75) is 27.2 Å². The molecule has 2 nitrogen and oxygen atoms in total. The molecule has 0 aromatic carbocycles. The zero-order valence-electron chi connectivity index (χ0n) is 6.77. The summed E-state index contributed by atoms with van der Waals surface area (Å²) in [6.07, 6.45) is 0.509. The zero-order chi connectivity index (χ0) is 8.20. The van der Waals surface area contributed by atoms with E-state index >= 15 is 0 Å². The second kappa shape index (κ2) is 3.36. The molecule has 0 aliphatic carbocycles. The first kappa shape index (κ1) is 9.16. The van der Waals surface area contributed by atoms with E-state index in [0.29, 0.717) is 6.42 Å². The summed E-state index contributed by atoms with van der Waals surface area (Å²) in [6, 6.07) is 0. The van der Waals surface area contributed by atoms with Gasteiger partial charge in [-0.05, 0) is 5.41 Å². The second-order valence-electron chi connectivity index (χ2n) is 3.59. The summed E-state index contributed by atoms with van der Waals surface area (Å²) in [5, 5.41) is 0. The molecular formula is C8H13NO. The molecule has 0 heterocycles. The van der Waals surface area contributed by atoms with Crippen molar-refractivity contribution in [3.8, 4) is 0 Å². The van der Waals surface area contributed by atoms with Gasteiger partial charge in [-0.25, -0.2) is 6.57 Å². The lowest BCUT2D eigenvalue weighted by atomic mass is 9.90. The van der Waals surface area contributed by atoms with Crippen molar-refractivity contribution >= 4 is 5.78 Å². The number of carbonyl (C=O) groups is 1. The van der Waals surface area contributed by atoms with Gasteiger partial charge in [-0.2, -0.15) is 0 Å². The number of carbonyl (C=O) groups excluding carboxylic acids is 1. The van der Waals surface area contributed by atoms with Crippen LogP contribution in [0.3, 0.4) is 0 Å². The molecule has 0 aliphatic heterocycles. The molecule has 0 spiro atoms. The molecule has 0 N–H and O–H groups in total. The van der Waals surface area contributed by atoms with E-state index in [1.165, 1.54) is 0 Å². The van der Waals surface area contributed by atoms with E-state index in [2.05, 4.69) is 4.85 Å². The molecular weight excluding hydrogens is 126 g/mol. The Balaban J connectivity index is 3.72. The molecule has 0 saturated heterocycles. The van der Waals surface area contributed by atoms with Gasteiger partial charge in [0.2, 0.25) is 5.78 Å². The molecule has 0 aromatic heterocycles. The molecule has 0 aliphatic rings. The largest absolute Gasteiger partial charge is 0.309 e. The first-order valence-electron chi connectivity index (χ1n) is 3.30. The molecule has 0 bridgehead atoms. The van der Waals surface area contributed by atoms with Crippen LogP contribution in [0.1, 0.15) is 27.2 Å². The Labute approximate surface area is 62.1 Å². The second-order valence-corrected chi connectivity index (χ2v) is 3.59. The summed E-state index contributed by atoms with van der Waals surface area (Å²) < 4.78 is 0. The Morgan fingerprint density at radius 2 is 2.00 bits per heavy atom. The molecule has 10 heavy (non-hydrogen) atoms. The minimum Gasteiger partial charge on any atom is -0.309 e. The van der Waals surface area contributed by atoms with Crippen LogP contribution in [0.5, 0.6) is 0 Å². The van der Waals surface area contributed by atoms with E-state index in [9.17, 15) is 4.79 Å². The van der Waals surface area contributed by atoms with E-state index in [1.54, 1.807) is 0 Å². The van der Waals surface area contributed by atoms with Gasteiger partial charge in [-0.1, -0.05) is 20.8 Å². The number of rotatable bonds is 2. The minimum atomic E-state index is 0.0295. The summed E-state index contributed by atoms with van der Waals surface area (Å²) in [7, 11) is 0. The van der Waals surface area contributed by atoms with E-state index in [4.69, 9.17) is 6.57 Å². The van der Waals surface area contributed by atoms with Crippen LogP contribution in [-0.2, 0) is 4.79 Å². The Morgan fingerprint density at radius 3 is 2.30 bits per heavy atom. The van der Waals surface area contributed by atoms with Crippen molar-refractivity contribution in [3.05, 3.63) is 11.4 Å². The van der Waals surface area contributed by atoms with Gasteiger partial charge in [-0.15, -0.1) is 0 Å². The predicted molar refractivity (Wildman–Crippen MR) is 40.5 cm³/mol. The van der Waals surface area contributed by atoms with Crippen molar-refractivity contribution in [1.82, 2.24) is 0 Å². The fraction of sp³-hybridized carbons (Fsp3) is 0.750. The lowest BCUT2D eigenvalue weighted by molar-refractivity contribution is -0.118. The molecule has 0 saturated carbocycles. The van der Waals surface area contributed by atoms with E-state index < -0.39 is 0 Å². The van der Waals surface area contributed by atoms with Gasteiger partial charge in [0, 0.05) is 6.42 Å². The van der Waals surface area contributed by atoms with E-state index in [1.807, 2.05) is 20.8 Å². The maximum atomic E-state index is 10.8. The standard InChI is InChI=1S/C8H13NO/c1-8(2,3)5-7(10)6-9-4/h5-6H2,1-3H3. The number of Topliss-reactive ketones (excluding diaryl/α,β-unsaturated/α-hetero) is 1. The number of hydrogen-bond acceptors (Lipinski definition) is 1.